The summed E-state index contributed by atoms with van der Waals surface area (Å²) in [6, 6.07) is 0. The van der Waals surface area contributed by atoms with Crippen LogP contribution in [0.4, 0.5) is 0 Å². The van der Waals surface area contributed by atoms with Gasteiger partial charge < -0.3 is 0 Å². The number of hydrogen-bond donors (Lipinski definition) is 0. The van der Waals surface area contributed by atoms with E-state index in [-0.39, 0.29) is 0 Å². The summed E-state index contributed by atoms with van der Waals surface area (Å²) in [6.07, 6.45) is 5.42. The van der Waals surface area contributed by atoms with Gasteiger partial charge in [0.1, 0.15) is 0 Å². The van der Waals surface area contributed by atoms with Gasteiger partial charge in [0, 0.05) is 0 Å². The summed E-state index contributed by atoms with van der Waals surface area (Å²) >= 11 is 0. The van der Waals surface area contributed by atoms with Gasteiger partial charge in [0.15, 0.2) is 0 Å². The van der Waals surface area contributed by atoms with Crippen molar-refractivity contribution in [2.45, 2.75) is 26.7 Å². The smallest absolute Gasteiger partial charge is 0.0197 e. The first-order valence-electron chi connectivity index (χ1n) is 3.95. The maximum absolute atomic E-state index is 2.48. The molecule has 0 aromatic rings. The van der Waals surface area contributed by atoms with Crippen molar-refractivity contribution in [2.75, 3.05) is 0 Å². The van der Waals surface area contributed by atoms with Gasteiger partial charge in [-0.1, -0.05) is 18.6 Å². The predicted octanol–water partition coefficient (Wildman–Crippen LogP) is 2.61. The van der Waals surface area contributed by atoms with Crippen molar-refractivity contribution in [1.82, 2.24) is 0 Å². The molecule has 0 nitrogen and oxygen atoms in total. The molecule has 0 aliphatic heterocycles. The van der Waals surface area contributed by atoms with Crippen molar-refractivity contribution < 1.29 is 0 Å². The molecule has 0 aromatic heterocycles. The predicted molar refractivity (Wildman–Crippen MR) is 39.1 cm³/mol. The van der Waals surface area contributed by atoms with Crippen LogP contribution in [0, 0.1) is 17.8 Å². The molecule has 2 aliphatic rings. The van der Waals surface area contributed by atoms with Crippen molar-refractivity contribution >= 4 is 0 Å². The minimum absolute atomic E-state index is 0.954. The maximum Gasteiger partial charge on any atom is -0.0197 e. The van der Waals surface area contributed by atoms with Crippen molar-refractivity contribution in [2.24, 2.45) is 17.8 Å². The van der Waals surface area contributed by atoms with Crippen LogP contribution in [0.1, 0.15) is 26.7 Å². The lowest BCUT2D eigenvalue weighted by Crippen LogP contribution is -2.02. The molecule has 0 unspecified atom stereocenters. The number of hydrogen-bond acceptors (Lipinski definition) is 0. The van der Waals surface area contributed by atoms with E-state index in [2.05, 4.69) is 19.9 Å². The molecule has 9 heavy (non-hydrogen) atoms. The van der Waals surface area contributed by atoms with Gasteiger partial charge >= 0.3 is 0 Å². The number of fused-ring (bicyclic) bond motifs is 2. The third kappa shape index (κ3) is 0.654. The Labute approximate surface area is 57.0 Å². The largest absolute Gasteiger partial charge is 0.0819 e. The minimum Gasteiger partial charge on any atom is -0.0819 e. The fourth-order valence-electron chi connectivity index (χ4n) is 2.36. The summed E-state index contributed by atoms with van der Waals surface area (Å²) in [6.45, 7) is 4.67. The van der Waals surface area contributed by atoms with Crippen LogP contribution in [0.2, 0.25) is 0 Å². The second-order valence-electron chi connectivity index (χ2n) is 3.72. The van der Waals surface area contributed by atoms with Gasteiger partial charge in [0.2, 0.25) is 0 Å². The SMILES string of the molecule is CC1=C[C@@H]2C[C@H]1C[C@@H]2C. The van der Waals surface area contributed by atoms with Gasteiger partial charge in [-0.05, 0) is 37.5 Å². The maximum atomic E-state index is 2.48. The Morgan fingerprint density at radius 3 is 2.56 bits per heavy atom. The van der Waals surface area contributed by atoms with Crippen LogP contribution in [0.25, 0.3) is 0 Å². The zero-order chi connectivity index (χ0) is 6.43. The van der Waals surface area contributed by atoms with Crippen LogP contribution in [0.3, 0.4) is 0 Å². The lowest BCUT2D eigenvalue weighted by atomic mass is 9.92. The molecule has 0 aromatic carbocycles. The normalized spacial score (nSPS) is 47.8. The summed E-state index contributed by atoms with van der Waals surface area (Å²) in [4.78, 5) is 0. The zero-order valence-corrected chi connectivity index (χ0v) is 6.22. The third-order valence-electron chi connectivity index (χ3n) is 3.06. The van der Waals surface area contributed by atoms with Gasteiger partial charge in [-0.2, -0.15) is 0 Å². The van der Waals surface area contributed by atoms with Gasteiger partial charge in [0.25, 0.3) is 0 Å². The molecular weight excluding hydrogens is 108 g/mol. The Morgan fingerprint density at radius 1 is 1.44 bits per heavy atom. The highest BCUT2D eigenvalue weighted by atomic mass is 14.4. The molecule has 2 rings (SSSR count). The highest BCUT2D eigenvalue weighted by molar-refractivity contribution is 5.18. The second-order valence-corrected chi connectivity index (χ2v) is 3.72. The van der Waals surface area contributed by atoms with E-state index in [0.29, 0.717) is 0 Å². The van der Waals surface area contributed by atoms with Crippen LogP contribution >= 0.6 is 0 Å². The Morgan fingerprint density at radius 2 is 2.22 bits per heavy atom. The molecule has 0 saturated heterocycles. The summed E-state index contributed by atoms with van der Waals surface area (Å²) in [5.74, 6) is 2.92. The van der Waals surface area contributed by atoms with E-state index in [1.54, 1.807) is 5.57 Å². The third-order valence-corrected chi connectivity index (χ3v) is 3.06. The first kappa shape index (κ1) is 5.52. The lowest BCUT2D eigenvalue weighted by molar-refractivity contribution is 0.486. The monoisotopic (exact) mass is 122 g/mol. The molecule has 3 atom stereocenters. The molecule has 0 spiro atoms. The quantitative estimate of drug-likeness (QED) is 0.433. The van der Waals surface area contributed by atoms with E-state index in [1.807, 2.05) is 0 Å². The van der Waals surface area contributed by atoms with Crippen molar-refractivity contribution in [1.29, 1.82) is 0 Å². The van der Waals surface area contributed by atoms with Crippen LogP contribution in [0.5, 0.6) is 0 Å². The first-order chi connectivity index (χ1) is 4.27. The van der Waals surface area contributed by atoms with E-state index >= 15 is 0 Å². The summed E-state index contributed by atoms with van der Waals surface area (Å²) < 4.78 is 0. The molecule has 1 fully saturated rings. The zero-order valence-electron chi connectivity index (χ0n) is 6.22. The van der Waals surface area contributed by atoms with E-state index in [4.69, 9.17) is 0 Å². The Bertz CT molecular complexity index is 155. The van der Waals surface area contributed by atoms with Gasteiger partial charge in [-0.25, -0.2) is 0 Å². The standard InChI is InChI=1S/C9H14/c1-6-3-9-5-8(6)4-7(9)2/h3,7-9H,4-5H2,1-2H3/t7-,8+,9+/m0/s1. The van der Waals surface area contributed by atoms with Crippen molar-refractivity contribution in [3.63, 3.8) is 0 Å². The minimum atomic E-state index is 0.954. The average molecular weight is 122 g/mol. The van der Waals surface area contributed by atoms with Gasteiger partial charge in [-0.15, -0.1) is 0 Å². The molecular formula is C9H14. The van der Waals surface area contributed by atoms with Crippen LogP contribution in [-0.4, -0.2) is 0 Å². The van der Waals surface area contributed by atoms with Crippen molar-refractivity contribution in [3.8, 4) is 0 Å². The van der Waals surface area contributed by atoms with E-state index < -0.39 is 0 Å². The molecule has 2 aliphatic carbocycles. The average Bonchev–Trinajstić information content (AvgIpc) is 2.24. The molecule has 0 N–H and O–H groups in total. The molecule has 50 valence electrons. The fourth-order valence-corrected chi connectivity index (χ4v) is 2.36. The Hall–Kier alpha value is -0.260. The number of allylic oxidation sites excluding steroid dienone is 2. The first-order valence-corrected chi connectivity index (χ1v) is 3.95. The number of rotatable bonds is 0. The molecule has 0 amide bonds. The second kappa shape index (κ2) is 1.62. The molecule has 0 radical (unpaired) electrons. The van der Waals surface area contributed by atoms with Gasteiger partial charge in [0.05, 0.1) is 0 Å². The van der Waals surface area contributed by atoms with Crippen LogP contribution < -0.4 is 0 Å². The van der Waals surface area contributed by atoms with Crippen LogP contribution in [-0.2, 0) is 0 Å². The molecule has 0 heteroatoms. The summed E-state index contributed by atoms with van der Waals surface area (Å²) in [7, 11) is 0. The van der Waals surface area contributed by atoms with E-state index in [9.17, 15) is 0 Å². The van der Waals surface area contributed by atoms with Crippen LogP contribution in [0.15, 0.2) is 11.6 Å². The topological polar surface area (TPSA) is 0 Å². The molecule has 1 saturated carbocycles. The highest BCUT2D eigenvalue weighted by Crippen LogP contribution is 2.46. The summed E-state index contributed by atoms with van der Waals surface area (Å²) in [5, 5.41) is 0. The lowest BCUT2D eigenvalue weighted by Gasteiger charge is -2.13. The molecule has 2 bridgehead atoms. The fraction of sp³-hybridized carbons (Fsp3) is 0.778. The molecule has 0 heterocycles. The van der Waals surface area contributed by atoms with Crippen molar-refractivity contribution in [3.05, 3.63) is 11.6 Å². The summed E-state index contributed by atoms with van der Waals surface area (Å²) in [5.41, 5.74) is 1.66. The Kier molecular flexibility index (Phi) is 0.992. The highest BCUT2D eigenvalue weighted by Gasteiger charge is 2.35. The Balaban J connectivity index is 2.25. The van der Waals surface area contributed by atoms with Gasteiger partial charge in [-0.3, -0.25) is 0 Å². The van der Waals surface area contributed by atoms with E-state index in [1.165, 1.54) is 12.8 Å². The van der Waals surface area contributed by atoms with E-state index in [0.717, 1.165) is 17.8 Å².